The van der Waals surface area contributed by atoms with Crippen LogP contribution in [-0.2, 0) is 9.59 Å². The van der Waals surface area contributed by atoms with Gasteiger partial charge in [0.2, 0.25) is 11.8 Å². The second-order valence-electron chi connectivity index (χ2n) is 8.49. The van der Waals surface area contributed by atoms with Crippen molar-refractivity contribution in [3.63, 3.8) is 0 Å². The zero-order valence-corrected chi connectivity index (χ0v) is 19.0. The van der Waals surface area contributed by atoms with Crippen molar-refractivity contribution >= 4 is 23.4 Å². The Bertz CT molecular complexity index is 1150. The molecule has 2 aromatic carbocycles. The number of hydrogen-bond donors (Lipinski definition) is 2. The van der Waals surface area contributed by atoms with Crippen LogP contribution in [0.5, 0.6) is 0 Å². The third-order valence-corrected chi connectivity index (χ3v) is 6.18. The maximum Gasteiger partial charge on any atom is 0.270 e. The molecule has 170 valence electrons. The smallest absolute Gasteiger partial charge is 0.270 e. The molecule has 0 bridgehead atoms. The summed E-state index contributed by atoms with van der Waals surface area (Å²) in [7, 11) is 0. The predicted molar refractivity (Wildman–Crippen MR) is 127 cm³/mol. The fourth-order valence-electron chi connectivity index (χ4n) is 4.15. The minimum Gasteiger partial charge on any atom is -0.335 e. The first-order valence-corrected chi connectivity index (χ1v) is 11.0. The number of benzene rings is 2. The van der Waals surface area contributed by atoms with E-state index in [1.165, 1.54) is 0 Å². The maximum absolute atomic E-state index is 12.8. The molecule has 3 aromatic rings. The van der Waals surface area contributed by atoms with Gasteiger partial charge in [-0.05, 0) is 62.7 Å². The molecule has 33 heavy (non-hydrogen) atoms. The average molecular weight is 445 g/mol. The van der Waals surface area contributed by atoms with E-state index in [-0.39, 0.29) is 30.2 Å². The highest BCUT2D eigenvalue weighted by atomic mass is 16.2. The number of nitrogens with zero attached hydrogens (tertiary/aromatic N) is 2. The van der Waals surface area contributed by atoms with E-state index in [2.05, 4.69) is 10.7 Å². The number of aromatic nitrogens is 1. The number of carbonyl (C=O) groups excluding carboxylic acids is 3. The summed E-state index contributed by atoms with van der Waals surface area (Å²) in [6.07, 6.45) is 0.194. The van der Waals surface area contributed by atoms with Gasteiger partial charge in [-0.1, -0.05) is 30.3 Å². The van der Waals surface area contributed by atoms with Crippen molar-refractivity contribution in [2.75, 3.05) is 17.3 Å². The first-order chi connectivity index (χ1) is 15.8. The summed E-state index contributed by atoms with van der Waals surface area (Å²) in [5.41, 5.74) is 6.86. The lowest BCUT2D eigenvalue weighted by Gasteiger charge is -2.25. The van der Waals surface area contributed by atoms with Gasteiger partial charge in [0.1, 0.15) is 0 Å². The third-order valence-electron chi connectivity index (χ3n) is 6.18. The van der Waals surface area contributed by atoms with Crippen molar-refractivity contribution in [3.8, 4) is 0 Å². The van der Waals surface area contributed by atoms with E-state index in [4.69, 9.17) is 0 Å². The van der Waals surface area contributed by atoms with E-state index in [0.717, 1.165) is 17.0 Å². The predicted octanol–water partition coefficient (Wildman–Crippen LogP) is 4.04. The Morgan fingerprint density at radius 3 is 2.21 bits per heavy atom. The van der Waals surface area contributed by atoms with Crippen LogP contribution < -0.4 is 10.7 Å². The molecule has 7 nitrogen and oxygen atoms in total. The molecule has 4 rings (SSSR count). The number of hydrogen-bond acceptors (Lipinski definition) is 3. The molecule has 1 aromatic heterocycles. The summed E-state index contributed by atoms with van der Waals surface area (Å²) in [5, 5.41) is 2.88. The summed E-state index contributed by atoms with van der Waals surface area (Å²) < 4.78 is 1.73. The van der Waals surface area contributed by atoms with Crippen molar-refractivity contribution in [2.24, 2.45) is 5.92 Å². The molecule has 0 saturated carbocycles. The zero-order valence-electron chi connectivity index (χ0n) is 19.0. The van der Waals surface area contributed by atoms with E-state index in [0.29, 0.717) is 17.8 Å². The second kappa shape index (κ2) is 9.32. The molecule has 1 aliphatic heterocycles. The van der Waals surface area contributed by atoms with Crippen molar-refractivity contribution in [1.82, 2.24) is 9.58 Å². The van der Waals surface area contributed by atoms with E-state index < -0.39 is 5.92 Å². The topological polar surface area (TPSA) is 83.4 Å². The molecular formula is C26H28N4O3. The molecule has 1 saturated heterocycles. The highest BCUT2D eigenvalue weighted by Gasteiger charge is 2.37. The number of likely N-dealkylation sites (tertiary alicyclic amines) is 1. The van der Waals surface area contributed by atoms with Crippen LogP contribution in [0, 0.1) is 19.8 Å². The molecule has 3 amide bonds. The van der Waals surface area contributed by atoms with Crippen LogP contribution in [-0.4, -0.2) is 33.8 Å². The molecule has 0 radical (unpaired) electrons. The molecule has 2 atom stereocenters. The van der Waals surface area contributed by atoms with Crippen molar-refractivity contribution in [2.45, 2.75) is 33.2 Å². The van der Waals surface area contributed by atoms with Gasteiger partial charge in [-0.3, -0.25) is 24.5 Å². The molecule has 1 aliphatic rings. The molecule has 0 unspecified atom stereocenters. The molecular weight excluding hydrogens is 416 g/mol. The van der Waals surface area contributed by atoms with Gasteiger partial charge >= 0.3 is 0 Å². The van der Waals surface area contributed by atoms with Crippen LogP contribution in [0.2, 0.25) is 0 Å². The lowest BCUT2D eigenvalue weighted by molar-refractivity contribution is -0.129. The number of carbonyl (C=O) groups is 3. The minimum absolute atomic E-state index is 0.0193. The molecule has 0 spiro atoms. The Morgan fingerprint density at radius 1 is 0.939 bits per heavy atom. The van der Waals surface area contributed by atoms with Gasteiger partial charge in [-0.25, -0.2) is 0 Å². The monoisotopic (exact) mass is 444 g/mol. The van der Waals surface area contributed by atoms with E-state index in [1.807, 2.05) is 63.2 Å². The summed E-state index contributed by atoms with van der Waals surface area (Å²) >= 11 is 0. The van der Waals surface area contributed by atoms with Gasteiger partial charge < -0.3 is 10.2 Å². The van der Waals surface area contributed by atoms with Crippen LogP contribution in [0.1, 0.15) is 46.7 Å². The van der Waals surface area contributed by atoms with Crippen molar-refractivity contribution < 1.29 is 14.4 Å². The highest BCUT2D eigenvalue weighted by Crippen LogP contribution is 2.29. The van der Waals surface area contributed by atoms with Gasteiger partial charge in [0.25, 0.3) is 5.91 Å². The van der Waals surface area contributed by atoms with Crippen LogP contribution >= 0.6 is 0 Å². The number of aryl methyl sites for hydroxylation is 2. The number of amides is 3. The van der Waals surface area contributed by atoms with E-state index in [1.54, 1.807) is 33.8 Å². The second-order valence-corrected chi connectivity index (χ2v) is 8.49. The average Bonchev–Trinajstić information content (AvgIpc) is 3.36. The van der Waals surface area contributed by atoms with Crippen molar-refractivity contribution in [1.29, 1.82) is 0 Å². The van der Waals surface area contributed by atoms with Gasteiger partial charge in [0, 0.05) is 35.6 Å². The summed E-state index contributed by atoms with van der Waals surface area (Å²) in [6.45, 7) is 6.20. The maximum atomic E-state index is 12.8. The summed E-state index contributed by atoms with van der Waals surface area (Å²) in [5.74, 6) is -0.857. The fraction of sp³-hybridized carbons (Fsp3) is 0.269. The highest BCUT2D eigenvalue weighted by molar-refractivity contribution is 6.01. The largest absolute Gasteiger partial charge is 0.335 e. The van der Waals surface area contributed by atoms with E-state index >= 15 is 0 Å². The SMILES string of the molecule is Cc1ccc(C)n1NC(=O)c1ccc(NC(=O)[C@@H]2CC(=O)N([C@H](C)c3ccccc3)C2)cc1. The number of nitrogens with one attached hydrogen (secondary N) is 2. The lowest BCUT2D eigenvalue weighted by Crippen LogP contribution is -2.30. The van der Waals surface area contributed by atoms with Crippen LogP contribution in [0.15, 0.2) is 66.7 Å². The molecule has 1 fully saturated rings. The Morgan fingerprint density at radius 2 is 1.58 bits per heavy atom. The normalized spacial score (nSPS) is 16.5. The molecule has 2 heterocycles. The number of anilines is 1. The molecule has 0 aliphatic carbocycles. The Labute approximate surface area is 193 Å². The standard InChI is InChI=1S/C26H28N4O3/c1-17-9-10-18(2)30(17)28-26(33)21-11-13-23(14-12-21)27-25(32)22-15-24(31)29(16-22)19(3)20-7-5-4-6-8-20/h4-14,19,22H,15-16H2,1-3H3,(H,27,32)(H,28,33)/t19-,22-/m1/s1. The Hall–Kier alpha value is -3.87. The molecule has 2 N–H and O–H groups in total. The van der Waals surface area contributed by atoms with Crippen molar-refractivity contribution in [3.05, 3.63) is 89.2 Å². The first-order valence-electron chi connectivity index (χ1n) is 11.0. The summed E-state index contributed by atoms with van der Waals surface area (Å²) in [6, 6.07) is 20.3. The number of rotatable bonds is 6. The van der Waals surface area contributed by atoms with Gasteiger partial charge in [0.15, 0.2) is 0 Å². The Kier molecular flexibility index (Phi) is 6.31. The van der Waals surface area contributed by atoms with Gasteiger partial charge in [-0.2, -0.15) is 0 Å². The Balaban J connectivity index is 1.36. The van der Waals surface area contributed by atoms with Gasteiger partial charge in [-0.15, -0.1) is 0 Å². The van der Waals surface area contributed by atoms with Crippen LogP contribution in [0.4, 0.5) is 5.69 Å². The minimum atomic E-state index is -0.411. The quantitative estimate of drug-likeness (QED) is 0.602. The third kappa shape index (κ3) is 4.82. The lowest BCUT2D eigenvalue weighted by atomic mass is 10.1. The summed E-state index contributed by atoms with van der Waals surface area (Å²) in [4.78, 5) is 39.7. The van der Waals surface area contributed by atoms with Crippen LogP contribution in [0.3, 0.4) is 0 Å². The van der Waals surface area contributed by atoms with Crippen LogP contribution in [0.25, 0.3) is 0 Å². The molecule has 7 heteroatoms. The first kappa shape index (κ1) is 22.3. The fourth-order valence-corrected chi connectivity index (χ4v) is 4.15. The zero-order chi connectivity index (χ0) is 23.5. The van der Waals surface area contributed by atoms with Gasteiger partial charge in [0.05, 0.1) is 12.0 Å². The van der Waals surface area contributed by atoms with E-state index in [9.17, 15) is 14.4 Å².